The highest BCUT2D eigenvalue weighted by Crippen LogP contribution is 2.31. The van der Waals surface area contributed by atoms with Gasteiger partial charge in [-0.15, -0.1) is 0 Å². The van der Waals surface area contributed by atoms with Crippen molar-refractivity contribution < 1.29 is 0 Å². The predicted octanol–water partition coefficient (Wildman–Crippen LogP) is 4.34. The van der Waals surface area contributed by atoms with Gasteiger partial charge in [0.1, 0.15) is 0 Å². The number of hydrogen-bond donors (Lipinski definition) is 1. The maximum Gasteiger partial charge on any atom is 0.0665 e. The Labute approximate surface area is 116 Å². The Morgan fingerprint density at radius 1 is 0.632 bits per heavy atom. The zero-order chi connectivity index (χ0) is 13.9. The van der Waals surface area contributed by atoms with E-state index in [9.17, 15) is 0 Å². The van der Waals surface area contributed by atoms with Gasteiger partial charge in [0.15, 0.2) is 0 Å². The predicted molar refractivity (Wildman–Crippen MR) is 82.2 cm³/mol. The van der Waals surface area contributed by atoms with Crippen LogP contribution in [0, 0.1) is 0 Å². The third-order valence-electron chi connectivity index (χ3n) is 3.33. The Kier molecular flexibility index (Phi) is 3.77. The van der Waals surface area contributed by atoms with E-state index >= 15 is 0 Å². The summed E-state index contributed by atoms with van der Waals surface area (Å²) in [6.07, 6.45) is 0. The molecule has 0 saturated heterocycles. The largest absolute Gasteiger partial charge is 0.299 e. The minimum Gasteiger partial charge on any atom is -0.299 e. The van der Waals surface area contributed by atoms with Gasteiger partial charge in [0.25, 0.3) is 0 Å². The summed E-state index contributed by atoms with van der Waals surface area (Å²) < 4.78 is 0. The maximum atomic E-state index is 3.77. The molecule has 0 aromatic heterocycles. The van der Waals surface area contributed by atoms with E-state index in [0.717, 1.165) is 0 Å². The topological polar surface area (TPSA) is 12.0 Å². The van der Waals surface area contributed by atoms with Gasteiger partial charge in [0, 0.05) is 5.54 Å². The molecular weight excluding hydrogens is 230 g/mol. The van der Waals surface area contributed by atoms with Gasteiger partial charge in [0.05, 0.1) is 5.54 Å². The molecule has 0 fully saturated rings. The quantitative estimate of drug-likeness (QED) is 0.858. The van der Waals surface area contributed by atoms with Gasteiger partial charge in [-0.2, -0.15) is 0 Å². The van der Waals surface area contributed by atoms with Gasteiger partial charge in [0.2, 0.25) is 0 Å². The van der Waals surface area contributed by atoms with Crippen LogP contribution in [0.1, 0.15) is 38.8 Å². The molecule has 2 aromatic carbocycles. The molecule has 0 bridgehead atoms. The number of benzene rings is 2. The van der Waals surface area contributed by atoms with Crippen LogP contribution in [0.3, 0.4) is 0 Å². The van der Waals surface area contributed by atoms with Crippen LogP contribution < -0.4 is 5.32 Å². The fraction of sp³-hybridized carbons (Fsp3) is 0.333. The van der Waals surface area contributed by atoms with E-state index in [-0.39, 0.29) is 11.1 Å². The summed E-state index contributed by atoms with van der Waals surface area (Å²) in [5.74, 6) is 0. The van der Waals surface area contributed by atoms with Crippen molar-refractivity contribution in [3.63, 3.8) is 0 Å². The minimum absolute atomic E-state index is 0.0421. The van der Waals surface area contributed by atoms with E-state index in [1.165, 1.54) is 11.1 Å². The molecule has 0 aliphatic carbocycles. The fourth-order valence-corrected chi connectivity index (χ4v) is 2.60. The molecule has 0 aliphatic rings. The molecule has 0 heterocycles. The van der Waals surface area contributed by atoms with Crippen molar-refractivity contribution in [3.8, 4) is 0 Å². The molecule has 0 unspecified atom stereocenters. The van der Waals surface area contributed by atoms with Gasteiger partial charge in [-0.05, 0) is 38.8 Å². The molecule has 1 N–H and O–H groups in total. The highest BCUT2D eigenvalue weighted by Gasteiger charge is 2.32. The second-order valence-corrected chi connectivity index (χ2v) is 6.23. The van der Waals surface area contributed by atoms with E-state index in [2.05, 4.69) is 93.7 Å². The Balaban J connectivity index is 2.51. The van der Waals surface area contributed by atoms with E-state index in [1.807, 2.05) is 0 Å². The average Bonchev–Trinajstić information content (AvgIpc) is 2.39. The highest BCUT2D eigenvalue weighted by molar-refractivity contribution is 5.37. The van der Waals surface area contributed by atoms with Gasteiger partial charge >= 0.3 is 0 Å². The first kappa shape index (κ1) is 13.8. The summed E-state index contributed by atoms with van der Waals surface area (Å²) in [6, 6.07) is 21.3. The lowest BCUT2D eigenvalue weighted by molar-refractivity contribution is 0.307. The molecule has 19 heavy (non-hydrogen) atoms. The van der Waals surface area contributed by atoms with Crippen molar-refractivity contribution in [2.24, 2.45) is 0 Å². The molecule has 0 aliphatic heterocycles. The monoisotopic (exact) mass is 253 g/mol. The van der Waals surface area contributed by atoms with Crippen LogP contribution >= 0.6 is 0 Å². The van der Waals surface area contributed by atoms with Crippen LogP contribution in [-0.2, 0) is 5.54 Å². The molecule has 0 spiro atoms. The van der Waals surface area contributed by atoms with Crippen molar-refractivity contribution in [1.82, 2.24) is 5.32 Å². The SMILES string of the molecule is CC(C)(C)NC(C)(c1ccccc1)c1ccccc1. The fourth-order valence-electron chi connectivity index (χ4n) is 2.60. The molecule has 100 valence electrons. The Morgan fingerprint density at radius 3 is 1.32 bits per heavy atom. The summed E-state index contributed by atoms with van der Waals surface area (Å²) in [4.78, 5) is 0. The third kappa shape index (κ3) is 3.24. The summed E-state index contributed by atoms with van der Waals surface area (Å²) in [6.45, 7) is 8.87. The van der Waals surface area contributed by atoms with Gasteiger partial charge < -0.3 is 0 Å². The van der Waals surface area contributed by atoms with E-state index in [1.54, 1.807) is 0 Å². The minimum atomic E-state index is -0.180. The molecule has 0 amide bonds. The van der Waals surface area contributed by atoms with Crippen LogP contribution in [0.15, 0.2) is 60.7 Å². The summed E-state index contributed by atoms with van der Waals surface area (Å²) >= 11 is 0. The summed E-state index contributed by atoms with van der Waals surface area (Å²) in [5.41, 5.74) is 2.44. The van der Waals surface area contributed by atoms with Crippen molar-refractivity contribution in [2.45, 2.75) is 38.8 Å². The standard InChI is InChI=1S/C18H23N/c1-17(2,3)19-18(4,15-11-7-5-8-12-15)16-13-9-6-10-14-16/h5-14,19H,1-4H3. The maximum absolute atomic E-state index is 3.77. The number of hydrogen-bond acceptors (Lipinski definition) is 1. The lowest BCUT2D eigenvalue weighted by Crippen LogP contribution is -2.50. The summed E-state index contributed by atoms with van der Waals surface area (Å²) in [5, 5.41) is 3.77. The first-order valence-electron chi connectivity index (χ1n) is 6.82. The molecule has 0 radical (unpaired) electrons. The normalized spacial score (nSPS) is 12.4. The first-order chi connectivity index (χ1) is 8.92. The van der Waals surface area contributed by atoms with Crippen LogP contribution in [0.25, 0.3) is 0 Å². The zero-order valence-electron chi connectivity index (χ0n) is 12.3. The molecule has 0 atom stereocenters. The van der Waals surface area contributed by atoms with Crippen LogP contribution in [-0.4, -0.2) is 5.54 Å². The molecule has 1 nitrogen and oxygen atoms in total. The van der Waals surface area contributed by atoms with E-state index in [4.69, 9.17) is 0 Å². The van der Waals surface area contributed by atoms with Gasteiger partial charge in [-0.25, -0.2) is 0 Å². The molecular formula is C18H23N. The average molecular weight is 253 g/mol. The Bertz CT molecular complexity index is 469. The van der Waals surface area contributed by atoms with Crippen molar-refractivity contribution >= 4 is 0 Å². The molecule has 2 aromatic rings. The Morgan fingerprint density at radius 2 is 1.00 bits per heavy atom. The van der Waals surface area contributed by atoms with Gasteiger partial charge in [-0.3, -0.25) is 5.32 Å². The van der Waals surface area contributed by atoms with Crippen LogP contribution in [0.2, 0.25) is 0 Å². The van der Waals surface area contributed by atoms with Crippen molar-refractivity contribution in [2.75, 3.05) is 0 Å². The second kappa shape index (κ2) is 5.18. The van der Waals surface area contributed by atoms with Crippen LogP contribution in [0.4, 0.5) is 0 Å². The first-order valence-corrected chi connectivity index (χ1v) is 6.82. The van der Waals surface area contributed by atoms with Gasteiger partial charge in [-0.1, -0.05) is 60.7 Å². The lowest BCUT2D eigenvalue weighted by atomic mass is 9.82. The molecule has 2 rings (SSSR count). The number of nitrogens with one attached hydrogen (secondary N) is 1. The van der Waals surface area contributed by atoms with E-state index in [0.29, 0.717) is 0 Å². The van der Waals surface area contributed by atoms with Crippen molar-refractivity contribution in [3.05, 3.63) is 71.8 Å². The highest BCUT2D eigenvalue weighted by atomic mass is 15.0. The number of rotatable bonds is 3. The van der Waals surface area contributed by atoms with Crippen molar-refractivity contribution in [1.29, 1.82) is 0 Å². The smallest absolute Gasteiger partial charge is 0.0665 e. The lowest BCUT2D eigenvalue weighted by Gasteiger charge is -2.39. The Hall–Kier alpha value is -1.60. The second-order valence-electron chi connectivity index (χ2n) is 6.23. The molecule has 1 heteroatoms. The third-order valence-corrected chi connectivity index (χ3v) is 3.33. The van der Waals surface area contributed by atoms with Crippen LogP contribution in [0.5, 0.6) is 0 Å². The molecule has 0 saturated carbocycles. The zero-order valence-corrected chi connectivity index (χ0v) is 12.3. The van der Waals surface area contributed by atoms with E-state index < -0.39 is 0 Å². The summed E-state index contributed by atoms with van der Waals surface area (Å²) in [7, 11) is 0.